The molecule has 0 spiro atoms. The van der Waals surface area contributed by atoms with E-state index >= 15 is 0 Å². The molecule has 0 aromatic heterocycles. The molecule has 2 rings (SSSR count). The second-order valence-corrected chi connectivity index (χ2v) is 4.12. The zero-order valence-corrected chi connectivity index (χ0v) is 9.94. The van der Waals surface area contributed by atoms with E-state index in [4.69, 9.17) is 16.3 Å². The molecular weight excluding hydrogens is 242 g/mol. The molecule has 0 unspecified atom stereocenters. The Hall–Kier alpha value is -1.39. The summed E-state index contributed by atoms with van der Waals surface area (Å²) in [6, 6.07) is 6.56. The average Bonchev–Trinajstić information content (AvgIpc) is 2.39. The van der Waals surface area contributed by atoms with E-state index in [1.54, 1.807) is 24.3 Å². The van der Waals surface area contributed by atoms with E-state index in [1.807, 2.05) is 0 Å². The van der Waals surface area contributed by atoms with Crippen molar-refractivity contribution in [2.24, 2.45) is 0 Å². The molecule has 1 aromatic carbocycles. The van der Waals surface area contributed by atoms with Crippen LogP contribution in [0.15, 0.2) is 24.3 Å². The maximum atomic E-state index is 11.9. The fourth-order valence-electron chi connectivity index (χ4n) is 1.67. The highest BCUT2D eigenvalue weighted by Gasteiger charge is 2.25. The van der Waals surface area contributed by atoms with Gasteiger partial charge in [0.2, 0.25) is 0 Å². The van der Waals surface area contributed by atoms with Crippen molar-refractivity contribution in [3.05, 3.63) is 34.9 Å². The normalized spacial score (nSPS) is 15.7. The van der Waals surface area contributed by atoms with Crippen molar-refractivity contribution < 1.29 is 14.3 Å². The molecule has 90 valence electrons. The van der Waals surface area contributed by atoms with Gasteiger partial charge in [-0.3, -0.25) is 9.59 Å². The minimum absolute atomic E-state index is 0.255. The summed E-state index contributed by atoms with van der Waals surface area (Å²) in [5, 5.41) is 0.305. The number of Topliss-reactive ketones (excluding diaryl/α,β-unsaturated/α-hetero) is 1. The lowest BCUT2D eigenvalue weighted by Gasteiger charge is -2.26. The van der Waals surface area contributed by atoms with Crippen molar-refractivity contribution in [1.29, 1.82) is 0 Å². The van der Waals surface area contributed by atoms with Crippen LogP contribution >= 0.6 is 11.6 Å². The molecule has 0 N–H and O–H groups in total. The highest BCUT2D eigenvalue weighted by Crippen LogP contribution is 2.16. The number of hydrogen-bond donors (Lipinski definition) is 0. The molecule has 0 aliphatic carbocycles. The summed E-state index contributed by atoms with van der Waals surface area (Å²) in [7, 11) is 0. The fourth-order valence-corrected chi connectivity index (χ4v) is 1.89. The van der Waals surface area contributed by atoms with Gasteiger partial charge in [0.25, 0.3) is 11.7 Å². The standard InChI is InChI=1S/C12H12ClNO3/c13-10-4-2-1-3-9(10)11(15)12(16)14-5-7-17-8-6-14/h1-4H,5-8H2. The molecule has 0 radical (unpaired) electrons. The number of ketones is 1. The van der Waals surface area contributed by atoms with Crippen LogP contribution in [-0.2, 0) is 9.53 Å². The van der Waals surface area contributed by atoms with Gasteiger partial charge in [-0.1, -0.05) is 23.7 Å². The van der Waals surface area contributed by atoms with Crippen LogP contribution in [0.2, 0.25) is 5.02 Å². The summed E-state index contributed by atoms with van der Waals surface area (Å²) in [6.45, 7) is 1.85. The van der Waals surface area contributed by atoms with Gasteiger partial charge in [0.15, 0.2) is 0 Å². The number of ether oxygens (including phenoxy) is 1. The second-order valence-electron chi connectivity index (χ2n) is 3.71. The van der Waals surface area contributed by atoms with E-state index in [-0.39, 0.29) is 5.56 Å². The first-order valence-corrected chi connectivity index (χ1v) is 5.74. The molecule has 1 saturated heterocycles. The predicted octanol–water partition coefficient (Wildman–Crippen LogP) is 1.38. The molecule has 0 atom stereocenters. The van der Waals surface area contributed by atoms with Gasteiger partial charge in [-0.2, -0.15) is 0 Å². The van der Waals surface area contributed by atoms with E-state index in [1.165, 1.54) is 4.90 Å². The van der Waals surface area contributed by atoms with Crippen LogP contribution in [0, 0.1) is 0 Å². The predicted molar refractivity (Wildman–Crippen MR) is 63.2 cm³/mol. The molecule has 0 saturated carbocycles. The number of benzene rings is 1. The number of nitrogens with zero attached hydrogens (tertiary/aromatic N) is 1. The van der Waals surface area contributed by atoms with Crippen molar-refractivity contribution in [2.45, 2.75) is 0 Å². The molecule has 17 heavy (non-hydrogen) atoms. The van der Waals surface area contributed by atoms with E-state index < -0.39 is 11.7 Å². The first-order chi connectivity index (χ1) is 8.20. The summed E-state index contributed by atoms with van der Waals surface area (Å²) in [4.78, 5) is 25.4. The Bertz CT molecular complexity index is 441. The zero-order chi connectivity index (χ0) is 12.3. The van der Waals surface area contributed by atoms with Crippen LogP contribution in [-0.4, -0.2) is 42.9 Å². The third-order valence-corrected chi connectivity index (χ3v) is 2.94. The lowest BCUT2D eigenvalue weighted by molar-refractivity contribution is -0.130. The minimum atomic E-state index is -0.558. The van der Waals surface area contributed by atoms with Gasteiger partial charge in [0.05, 0.1) is 18.2 Å². The maximum absolute atomic E-state index is 11.9. The Morgan fingerprint density at radius 1 is 1.18 bits per heavy atom. The van der Waals surface area contributed by atoms with Gasteiger partial charge in [-0.05, 0) is 12.1 Å². The van der Waals surface area contributed by atoms with Crippen molar-refractivity contribution >= 4 is 23.3 Å². The number of morpholine rings is 1. The summed E-state index contributed by atoms with van der Waals surface area (Å²) < 4.78 is 5.13. The molecule has 1 aliphatic rings. The monoisotopic (exact) mass is 253 g/mol. The average molecular weight is 254 g/mol. The van der Waals surface area contributed by atoms with Gasteiger partial charge in [-0.25, -0.2) is 0 Å². The Kier molecular flexibility index (Phi) is 3.76. The highest BCUT2D eigenvalue weighted by molar-refractivity contribution is 6.46. The van der Waals surface area contributed by atoms with Crippen LogP contribution < -0.4 is 0 Å². The summed E-state index contributed by atoms with van der Waals surface area (Å²) >= 11 is 5.89. The number of hydrogen-bond acceptors (Lipinski definition) is 3. The Labute approximate surface area is 104 Å². The molecule has 4 nitrogen and oxygen atoms in total. The molecular formula is C12H12ClNO3. The number of halogens is 1. The molecule has 5 heteroatoms. The molecule has 0 bridgehead atoms. The van der Waals surface area contributed by atoms with Crippen LogP contribution in [0.4, 0.5) is 0 Å². The van der Waals surface area contributed by atoms with Crippen molar-refractivity contribution in [2.75, 3.05) is 26.3 Å². The molecule has 1 aromatic rings. The van der Waals surface area contributed by atoms with Crippen LogP contribution in [0.25, 0.3) is 0 Å². The van der Waals surface area contributed by atoms with Gasteiger partial charge >= 0.3 is 0 Å². The zero-order valence-electron chi connectivity index (χ0n) is 9.19. The van der Waals surface area contributed by atoms with Crippen molar-refractivity contribution in [3.63, 3.8) is 0 Å². The lowest BCUT2D eigenvalue weighted by atomic mass is 10.1. The Balaban J connectivity index is 2.14. The summed E-state index contributed by atoms with van der Waals surface area (Å²) in [5.74, 6) is -1.07. The van der Waals surface area contributed by atoms with Gasteiger partial charge in [0, 0.05) is 18.7 Å². The van der Waals surface area contributed by atoms with E-state index in [2.05, 4.69) is 0 Å². The Morgan fingerprint density at radius 3 is 2.47 bits per heavy atom. The summed E-state index contributed by atoms with van der Waals surface area (Å²) in [5.41, 5.74) is 0.255. The minimum Gasteiger partial charge on any atom is -0.378 e. The number of amides is 1. The summed E-state index contributed by atoms with van der Waals surface area (Å²) in [6.07, 6.45) is 0. The molecule has 1 aliphatic heterocycles. The fraction of sp³-hybridized carbons (Fsp3) is 0.333. The van der Waals surface area contributed by atoms with Gasteiger partial charge < -0.3 is 9.64 Å². The lowest BCUT2D eigenvalue weighted by Crippen LogP contribution is -2.44. The van der Waals surface area contributed by atoms with Crippen LogP contribution in [0.1, 0.15) is 10.4 Å². The van der Waals surface area contributed by atoms with Crippen LogP contribution in [0.5, 0.6) is 0 Å². The van der Waals surface area contributed by atoms with Gasteiger partial charge in [-0.15, -0.1) is 0 Å². The van der Waals surface area contributed by atoms with Crippen LogP contribution in [0.3, 0.4) is 0 Å². The van der Waals surface area contributed by atoms with E-state index in [0.717, 1.165) is 0 Å². The third-order valence-electron chi connectivity index (χ3n) is 2.61. The largest absolute Gasteiger partial charge is 0.378 e. The highest BCUT2D eigenvalue weighted by atomic mass is 35.5. The molecule has 1 fully saturated rings. The molecule has 1 heterocycles. The first-order valence-electron chi connectivity index (χ1n) is 5.36. The quantitative estimate of drug-likeness (QED) is 0.591. The van der Waals surface area contributed by atoms with E-state index in [9.17, 15) is 9.59 Å². The van der Waals surface area contributed by atoms with Crippen molar-refractivity contribution in [3.8, 4) is 0 Å². The van der Waals surface area contributed by atoms with Gasteiger partial charge in [0.1, 0.15) is 0 Å². The maximum Gasteiger partial charge on any atom is 0.295 e. The van der Waals surface area contributed by atoms with Crippen molar-refractivity contribution in [1.82, 2.24) is 4.90 Å². The second kappa shape index (κ2) is 5.29. The first kappa shape index (κ1) is 12.1. The number of carbonyl (C=O) groups excluding carboxylic acids is 2. The topological polar surface area (TPSA) is 46.6 Å². The number of rotatable bonds is 2. The molecule has 1 amide bonds. The SMILES string of the molecule is O=C(C(=O)N1CCOCC1)c1ccccc1Cl. The van der Waals surface area contributed by atoms with E-state index in [0.29, 0.717) is 31.3 Å². The third kappa shape index (κ3) is 2.65. The smallest absolute Gasteiger partial charge is 0.295 e. The Morgan fingerprint density at radius 2 is 1.82 bits per heavy atom. The number of carbonyl (C=O) groups is 2.